The Labute approximate surface area is 119 Å². The lowest BCUT2D eigenvalue weighted by atomic mass is 10.4. The highest BCUT2D eigenvalue weighted by Crippen LogP contribution is 1.87. The van der Waals surface area contributed by atoms with Crippen LogP contribution in [0.3, 0.4) is 0 Å². The molecular formula is C16H18O4. The molecule has 4 nitrogen and oxygen atoms in total. The predicted octanol–water partition coefficient (Wildman–Crippen LogP) is 2.67. The lowest BCUT2D eigenvalue weighted by Crippen LogP contribution is -2.11. The number of allylic oxidation sites excluding steroid dienone is 8. The van der Waals surface area contributed by atoms with Gasteiger partial charge < -0.3 is 9.47 Å². The van der Waals surface area contributed by atoms with Crippen LogP contribution >= 0.6 is 0 Å². The zero-order valence-electron chi connectivity index (χ0n) is 11.2. The fourth-order valence-electron chi connectivity index (χ4n) is 0.934. The van der Waals surface area contributed by atoms with Crippen molar-refractivity contribution in [3.05, 3.63) is 73.9 Å². The molecule has 20 heavy (non-hydrogen) atoms. The molecular weight excluding hydrogens is 256 g/mol. The monoisotopic (exact) mass is 274 g/mol. The van der Waals surface area contributed by atoms with Crippen molar-refractivity contribution in [1.29, 1.82) is 0 Å². The summed E-state index contributed by atoms with van der Waals surface area (Å²) in [7, 11) is 0. The Kier molecular flexibility index (Phi) is 11.1. The molecule has 0 bridgehead atoms. The zero-order chi connectivity index (χ0) is 15.1. The van der Waals surface area contributed by atoms with E-state index in [0.29, 0.717) is 0 Å². The molecule has 0 N–H and O–H groups in total. The van der Waals surface area contributed by atoms with Gasteiger partial charge in [-0.1, -0.05) is 61.8 Å². The van der Waals surface area contributed by atoms with E-state index in [-0.39, 0.29) is 13.2 Å². The molecule has 0 amide bonds. The molecule has 0 aliphatic rings. The largest absolute Gasteiger partial charge is 0.459 e. The molecule has 0 aromatic carbocycles. The van der Waals surface area contributed by atoms with Crippen molar-refractivity contribution in [2.75, 3.05) is 13.2 Å². The quantitative estimate of drug-likeness (QED) is 0.281. The van der Waals surface area contributed by atoms with E-state index in [9.17, 15) is 9.59 Å². The van der Waals surface area contributed by atoms with Crippen LogP contribution in [0.4, 0.5) is 0 Å². The minimum atomic E-state index is -0.501. The van der Waals surface area contributed by atoms with Crippen LogP contribution in [0.5, 0.6) is 0 Å². The Balaban J connectivity index is 3.75. The molecule has 0 aromatic heterocycles. The van der Waals surface area contributed by atoms with Crippen LogP contribution in [0.15, 0.2) is 73.9 Å². The van der Waals surface area contributed by atoms with E-state index in [1.807, 2.05) is 0 Å². The molecule has 0 aromatic rings. The second kappa shape index (κ2) is 12.8. The summed E-state index contributed by atoms with van der Waals surface area (Å²) in [4.78, 5) is 22.3. The summed E-state index contributed by atoms with van der Waals surface area (Å²) in [5.74, 6) is -1.00. The van der Waals surface area contributed by atoms with Crippen molar-refractivity contribution < 1.29 is 19.1 Å². The van der Waals surface area contributed by atoms with E-state index in [2.05, 4.69) is 13.2 Å². The smallest absolute Gasteiger partial charge is 0.330 e. The number of hydrogen-bond acceptors (Lipinski definition) is 4. The van der Waals surface area contributed by atoms with Crippen LogP contribution in [0.2, 0.25) is 0 Å². The van der Waals surface area contributed by atoms with Crippen molar-refractivity contribution in [2.45, 2.75) is 0 Å². The van der Waals surface area contributed by atoms with Gasteiger partial charge in [0.2, 0.25) is 0 Å². The Morgan fingerprint density at radius 2 is 1.10 bits per heavy atom. The third-order valence-corrected chi connectivity index (χ3v) is 1.75. The Bertz CT molecular complexity index is 397. The maximum atomic E-state index is 11.2. The Hall–Kier alpha value is -2.62. The summed E-state index contributed by atoms with van der Waals surface area (Å²) < 4.78 is 9.60. The van der Waals surface area contributed by atoms with E-state index in [1.54, 1.807) is 36.5 Å². The highest BCUT2D eigenvalue weighted by Gasteiger charge is 1.98. The van der Waals surface area contributed by atoms with E-state index in [1.165, 1.54) is 24.3 Å². The molecule has 0 aliphatic heterocycles. The predicted molar refractivity (Wildman–Crippen MR) is 78.9 cm³/mol. The second-order valence-electron chi connectivity index (χ2n) is 3.29. The minimum Gasteiger partial charge on any atom is -0.459 e. The SMILES string of the molecule is C=C/C=C/C=C/C(=O)OCCOC(=O)/C=C/C=C/C=C. The second-order valence-corrected chi connectivity index (χ2v) is 3.29. The number of carbonyl (C=O) groups excluding carboxylic acids is 2. The molecule has 0 rings (SSSR count). The first-order chi connectivity index (χ1) is 9.70. The average Bonchev–Trinajstić information content (AvgIpc) is 2.44. The van der Waals surface area contributed by atoms with Crippen LogP contribution in [0.25, 0.3) is 0 Å². The number of carbonyl (C=O) groups is 2. The van der Waals surface area contributed by atoms with Crippen molar-refractivity contribution in [3.63, 3.8) is 0 Å². The topological polar surface area (TPSA) is 52.6 Å². The summed E-state index contributed by atoms with van der Waals surface area (Å²) >= 11 is 0. The van der Waals surface area contributed by atoms with Crippen molar-refractivity contribution >= 4 is 11.9 Å². The highest BCUT2D eigenvalue weighted by molar-refractivity contribution is 5.83. The first-order valence-electron chi connectivity index (χ1n) is 5.95. The van der Waals surface area contributed by atoms with Crippen LogP contribution in [0, 0.1) is 0 Å². The lowest BCUT2D eigenvalue weighted by molar-refractivity contribution is -0.146. The molecule has 0 spiro atoms. The minimum absolute atomic E-state index is 0.0103. The molecule has 0 unspecified atom stereocenters. The normalized spacial score (nSPS) is 11.4. The van der Waals surface area contributed by atoms with Crippen molar-refractivity contribution in [2.24, 2.45) is 0 Å². The van der Waals surface area contributed by atoms with Gasteiger partial charge in [0, 0.05) is 12.2 Å². The summed E-state index contributed by atoms with van der Waals surface area (Å²) in [6.07, 6.45) is 15.4. The summed E-state index contributed by atoms with van der Waals surface area (Å²) in [6.45, 7) is 6.99. The van der Waals surface area contributed by atoms with E-state index in [4.69, 9.17) is 9.47 Å². The first-order valence-corrected chi connectivity index (χ1v) is 5.95. The molecule has 0 saturated heterocycles. The first kappa shape index (κ1) is 17.4. The van der Waals surface area contributed by atoms with Gasteiger partial charge in [0.25, 0.3) is 0 Å². The van der Waals surface area contributed by atoms with Crippen LogP contribution in [-0.2, 0) is 19.1 Å². The summed E-state index contributed by atoms with van der Waals surface area (Å²) in [5, 5.41) is 0. The fraction of sp³-hybridized carbons (Fsp3) is 0.125. The molecule has 0 heterocycles. The maximum Gasteiger partial charge on any atom is 0.330 e. The third kappa shape index (κ3) is 11.9. The van der Waals surface area contributed by atoms with Gasteiger partial charge in [-0.2, -0.15) is 0 Å². The van der Waals surface area contributed by atoms with E-state index in [0.717, 1.165) is 0 Å². The number of esters is 2. The van der Waals surface area contributed by atoms with Crippen LogP contribution in [-0.4, -0.2) is 25.2 Å². The molecule has 0 atom stereocenters. The summed E-state index contributed by atoms with van der Waals surface area (Å²) in [6, 6.07) is 0. The molecule has 4 heteroatoms. The fourth-order valence-corrected chi connectivity index (χ4v) is 0.934. The van der Waals surface area contributed by atoms with Gasteiger partial charge in [-0.3, -0.25) is 0 Å². The van der Waals surface area contributed by atoms with Crippen LogP contribution in [0.1, 0.15) is 0 Å². The summed E-state index contributed by atoms with van der Waals surface area (Å²) in [5.41, 5.74) is 0. The number of hydrogen-bond donors (Lipinski definition) is 0. The Morgan fingerprint density at radius 3 is 1.45 bits per heavy atom. The van der Waals surface area contributed by atoms with Gasteiger partial charge in [0.1, 0.15) is 13.2 Å². The average molecular weight is 274 g/mol. The van der Waals surface area contributed by atoms with Gasteiger partial charge in [0.05, 0.1) is 0 Å². The van der Waals surface area contributed by atoms with Crippen molar-refractivity contribution in [1.82, 2.24) is 0 Å². The number of ether oxygens (including phenoxy) is 2. The van der Waals surface area contributed by atoms with Crippen LogP contribution < -0.4 is 0 Å². The maximum absolute atomic E-state index is 11.2. The molecule has 0 saturated carbocycles. The van der Waals surface area contributed by atoms with Gasteiger partial charge in [-0.05, 0) is 0 Å². The standard InChI is InChI=1S/C16H18O4/c1-3-5-7-9-11-15(17)19-13-14-20-16(18)12-10-8-6-4-2/h3-12H,1-2,13-14H2/b7-5+,8-6+,11-9+,12-10+. The molecule has 0 radical (unpaired) electrons. The van der Waals surface area contributed by atoms with Gasteiger partial charge in [-0.25, -0.2) is 9.59 Å². The number of rotatable bonds is 9. The molecule has 0 aliphatic carbocycles. The van der Waals surface area contributed by atoms with Gasteiger partial charge >= 0.3 is 11.9 Å². The van der Waals surface area contributed by atoms with E-state index >= 15 is 0 Å². The van der Waals surface area contributed by atoms with Gasteiger partial charge in [0.15, 0.2) is 0 Å². The van der Waals surface area contributed by atoms with Gasteiger partial charge in [-0.15, -0.1) is 0 Å². The lowest BCUT2D eigenvalue weighted by Gasteiger charge is -2.02. The third-order valence-electron chi connectivity index (χ3n) is 1.75. The molecule has 106 valence electrons. The van der Waals surface area contributed by atoms with Crippen molar-refractivity contribution in [3.8, 4) is 0 Å². The zero-order valence-corrected chi connectivity index (χ0v) is 11.2. The highest BCUT2D eigenvalue weighted by atomic mass is 16.6. The molecule has 0 fully saturated rings. The van der Waals surface area contributed by atoms with E-state index < -0.39 is 11.9 Å². The Morgan fingerprint density at radius 1 is 0.700 bits per heavy atom.